The Balaban J connectivity index is 0.000000791. The van der Waals surface area contributed by atoms with Crippen molar-refractivity contribution in [3.63, 3.8) is 0 Å². The van der Waals surface area contributed by atoms with E-state index in [0.29, 0.717) is 0 Å². The van der Waals surface area contributed by atoms with Gasteiger partial charge in [-0.1, -0.05) is 32.9 Å². The minimum Gasteiger partial charge on any atom is -0.313 e. The molecule has 0 aliphatic rings. The molecule has 1 N–H and O–H groups in total. The van der Waals surface area contributed by atoms with E-state index in [4.69, 9.17) is 0 Å². The lowest BCUT2D eigenvalue weighted by Crippen LogP contribution is -2.11. The number of hydrogen-bond donors (Lipinski definition) is 1. The fourth-order valence-corrected chi connectivity index (χ4v) is 1.42. The van der Waals surface area contributed by atoms with Gasteiger partial charge in [0, 0.05) is 11.4 Å². The van der Waals surface area contributed by atoms with Crippen LogP contribution in [0.1, 0.15) is 26.3 Å². The first-order valence-electron chi connectivity index (χ1n) is 5.20. The molecule has 0 saturated heterocycles. The van der Waals surface area contributed by atoms with Crippen molar-refractivity contribution in [3.05, 3.63) is 29.8 Å². The molecule has 0 aliphatic carbocycles. The lowest BCUT2D eigenvalue weighted by atomic mass is 10.2. The van der Waals surface area contributed by atoms with E-state index in [0.717, 1.165) is 13.1 Å². The topological polar surface area (TPSA) is 12.0 Å². The van der Waals surface area contributed by atoms with Crippen molar-refractivity contribution in [2.45, 2.75) is 32.2 Å². The van der Waals surface area contributed by atoms with Gasteiger partial charge in [-0.2, -0.15) is 0 Å². The zero-order valence-corrected chi connectivity index (χ0v) is 10.4. The maximum Gasteiger partial charge on any atom is 0.0205 e. The van der Waals surface area contributed by atoms with E-state index < -0.39 is 0 Å². The van der Waals surface area contributed by atoms with Crippen LogP contribution < -0.4 is 5.32 Å². The third kappa shape index (κ3) is 5.30. The van der Waals surface area contributed by atoms with Crippen LogP contribution in [0, 0.1) is 0 Å². The Morgan fingerprint density at radius 2 is 1.71 bits per heavy atom. The second-order valence-electron chi connectivity index (χ2n) is 2.63. The molecule has 0 fully saturated rings. The highest BCUT2D eigenvalue weighted by atomic mass is 32.2. The zero-order valence-electron chi connectivity index (χ0n) is 9.63. The van der Waals surface area contributed by atoms with E-state index in [1.165, 1.54) is 10.5 Å². The summed E-state index contributed by atoms with van der Waals surface area (Å²) >= 11 is 1.78. The van der Waals surface area contributed by atoms with Gasteiger partial charge in [0.25, 0.3) is 0 Å². The lowest BCUT2D eigenvalue weighted by Gasteiger charge is -2.02. The fourth-order valence-electron chi connectivity index (χ4n) is 1.01. The van der Waals surface area contributed by atoms with Crippen molar-refractivity contribution in [1.82, 2.24) is 5.32 Å². The molecule has 0 unspecified atom stereocenters. The van der Waals surface area contributed by atoms with Gasteiger partial charge in [-0.05, 0) is 30.5 Å². The molecular formula is C12H21NS. The van der Waals surface area contributed by atoms with Gasteiger partial charge in [-0.25, -0.2) is 0 Å². The summed E-state index contributed by atoms with van der Waals surface area (Å²) in [6.07, 6.45) is 2.10. The molecule has 0 radical (unpaired) electrons. The molecule has 0 aliphatic heterocycles. The maximum atomic E-state index is 3.30. The highest BCUT2D eigenvalue weighted by molar-refractivity contribution is 7.98. The van der Waals surface area contributed by atoms with Crippen LogP contribution >= 0.6 is 11.8 Å². The summed E-state index contributed by atoms with van der Waals surface area (Å²) in [7, 11) is 0. The summed E-state index contributed by atoms with van der Waals surface area (Å²) < 4.78 is 0. The van der Waals surface area contributed by atoms with Gasteiger partial charge in [0.15, 0.2) is 0 Å². The second kappa shape index (κ2) is 9.10. The normalized spacial score (nSPS) is 9.14. The first-order chi connectivity index (χ1) is 6.86. The Morgan fingerprint density at radius 3 is 2.14 bits per heavy atom. The summed E-state index contributed by atoms with van der Waals surface area (Å²) in [6.45, 7) is 8.13. The summed E-state index contributed by atoms with van der Waals surface area (Å²) in [5.41, 5.74) is 1.36. The quantitative estimate of drug-likeness (QED) is 0.764. The third-order valence-corrected chi connectivity index (χ3v) is 2.48. The molecular weight excluding hydrogens is 190 g/mol. The van der Waals surface area contributed by atoms with Crippen LogP contribution in [0.25, 0.3) is 0 Å². The molecule has 1 rings (SSSR count). The standard InChI is InChI=1S/C10H15NS.C2H6/c1-3-11-8-9-4-6-10(12-2)7-5-9;1-2/h4-7,11H,3,8H2,1-2H3;1-2H3. The van der Waals surface area contributed by atoms with Crippen LogP contribution in [0.3, 0.4) is 0 Å². The Morgan fingerprint density at radius 1 is 1.14 bits per heavy atom. The Bertz CT molecular complexity index is 218. The van der Waals surface area contributed by atoms with E-state index in [1.807, 2.05) is 13.8 Å². The monoisotopic (exact) mass is 211 g/mol. The summed E-state index contributed by atoms with van der Waals surface area (Å²) in [4.78, 5) is 1.33. The second-order valence-corrected chi connectivity index (χ2v) is 3.51. The molecule has 1 nitrogen and oxygen atoms in total. The zero-order chi connectivity index (χ0) is 10.8. The highest BCUT2D eigenvalue weighted by Crippen LogP contribution is 2.14. The van der Waals surface area contributed by atoms with E-state index in [-0.39, 0.29) is 0 Å². The van der Waals surface area contributed by atoms with Gasteiger partial charge in [0.2, 0.25) is 0 Å². The van der Waals surface area contributed by atoms with Crippen molar-refractivity contribution in [2.75, 3.05) is 12.8 Å². The summed E-state index contributed by atoms with van der Waals surface area (Å²) in [6, 6.07) is 8.68. The van der Waals surface area contributed by atoms with Crippen LogP contribution in [0.15, 0.2) is 29.2 Å². The predicted molar refractivity (Wildman–Crippen MR) is 67.0 cm³/mol. The predicted octanol–water partition coefficient (Wildman–Crippen LogP) is 3.54. The van der Waals surface area contributed by atoms with Gasteiger partial charge in [-0.15, -0.1) is 11.8 Å². The molecule has 14 heavy (non-hydrogen) atoms. The highest BCUT2D eigenvalue weighted by Gasteiger charge is 1.91. The van der Waals surface area contributed by atoms with Crippen LogP contribution in [0.2, 0.25) is 0 Å². The molecule has 1 aromatic carbocycles. The van der Waals surface area contributed by atoms with Crippen molar-refractivity contribution < 1.29 is 0 Å². The Hall–Kier alpha value is -0.470. The van der Waals surface area contributed by atoms with Gasteiger partial charge in [0.1, 0.15) is 0 Å². The van der Waals surface area contributed by atoms with E-state index >= 15 is 0 Å². The van der Waals surface area contributed by atoms with Gasteiger partial charge >= 0.3 is 0 Å². The SMILES string of the molecule is CC.CCNCc1ccc(SC)cc1. The van der Waals surface area contributed by atoms with E-state index in [2.05, 4.69) is 42.8 Å². The number of nitrogens with one attached hydrogen (secondary N) is 1. The van der Waals surface area contributed by atoms with Crippen LogP contribution in [-0.4, -0.2) is 12.8 Å². The Kier molecular flexibility index (Phi) is 8.79. The molecule has 0 aromatic heterocycles. The van der Waals surface area contributed by atoms with Gasteiger partial charge in [-0.3, -0.25) is 0 Å². The molecule has 0 saturated carbocycles. The van der Waals surface area contributed by atoms with E-state index in [1.54, 1.807) is 11.8 Å². The fraction of sp³-hybridized carbons (Fsp3) is 0.500. The minimum atomic E-state index is 0.977. The van der Waals surface area contributed by atoms with Gasteiger partial charge < -0.3 is 5.32 Å². The molecule has 0 heterocycles. The maximum absolute atomic E-state index is 3.30. The van der Waals surface area contributed by atoms with Crippen LogP contribution in [0.4, 0.5) is 0 Å². The number of rotatable bonds is 4. The van der Waals surface area contributed by atoms with Crippen molar-refractivity contribution in [2.24, 2.45) is 0 Å². The summed E-state index contributed by atoms with van der Waals surface area (Å²) in [5, 5.41) is 3.30. The number of benzene rings is 1. The lowest BCUT2D eigenvalue weighted by molar-refractivity contribution is 0.726. The van der Waals surface area contributed by atoms with Crippen molar-refractivity contribution in [1.29, 1.82) is 0 Å². The molecule has 0 amide bonds. The molecule has 80 valence electrons. The van der Waals surface area contributed by atoms with Gasteiger partial charge in [0.05, 0.1) is 0 Å². The Labute approximate surface area is 92.3 Å². The first kappa shape index (κ1) is 13.5. The average molecular weight is 211 g/mol. The molecule has 0 spiro atoms. The molecule has 0 bridgehead atoms. The van der Waals surface area contributed by atoms with Crippen molar-refractivity contribution >= 4 is 11.8 Å². The number of thioether (sulfide) groups is 1. The third-order valence-electron chi connectivity index (χ3n) is 1.74. The smallest absolute Gasteiger partial charge is 0.0205 e. The van der Waals surface area contributed by atoms with Crippen molar-refractivity contribution in [3.8, 4) is 0 Å². The molecule has 1 aromatic rings. The van der Waals surface area contributed by atoms with Crippen LogP contribution in [0.5, 0.6) is 0 Å². The molecule has 2 heteroatoms. The number of hydrogen-bond acceptors (Lipinski definition) is 2. The van der Waals surface area contributed by atoms with Crippen LogP contribution in [-0.2, 0) is 6.54 Å². The minimum absolute atomic E-state index is 0.977. The molecule has 0 atom stereocenters. The average Bonchev–Trinajstić information content (AvgIpc) is 2.30. The largest absolute Gasteiger partial charge is 0.313 e. The van der Waals surface area contributed by atoms with E-state index in [9.17, 15) is 0 Å². The first-order valence-corrected chi connectivity index (χ1v) is 6.43. The summed E-state index contributed by atoms with van der Waals surface area (Å²) in [5.74, 6) is 0.